The minimum absolute atomic E-state index is 0.130. The van der Waals surface area contributed by atoms with Crippen molar-refractivity contribution in [2.45, 2.75) is 109 Å². The van der Waals surface area contributed by atoms with Crippen LogP contribution in [0.5, 0.6) is 0 Å². The van der Waals surface area contributed by atoms with Crippen molar-refractivity contribution in [1.29, 1.82) is 0 Å². The van der Waals surface area contributed by atoms with Gasteiger partial charge in [-0.2, -0.15) is 0 Å². The van der Waals surface area contributed by atoms with Crippen LogP contribution in [0.15, 0.2) is 30.3 Å². The minimum atomic E-state index is -1.00. The van der Waals surface area contributed by atoms with Crippen LogP contribution in [-0.4, -0.2) is 29.6 Å². The number of aliphatic hydroxyl groups excluding tert-OH is 1. The molecule has 2 N–H and O–H groups in total. The first kappa shape index (κ1) is 27.2. The quantitative estimate of drug-likeness (QED) is 0.217. The normalized spacial score (nSPS) is 11.8. The Morgan fingerprint density at radius 2 is 1.35 bits per heavy atom. The molecule has 0 unspecified atom stereocenters. The van der Waals surface area contributed by atoms with Gasteiger partial charge in [-0.1, -0.05) is 114 Å². The lowest BCUT2D eigenvalue weighted by Gasteiger charge is -2.15. The van der Waals surface area contributed by atoms with Crippen LogP contribution in [0, 0.1) is 0 Å². The summed E-state index contributed by atoms with van der Waals surface area (Å²) in [6.07, 6.45) is 16.7. The molecule has 1 aromatic rings. The van der Waals surface area contributed by atoms with Gasteiger partial charge in [-0.25, -0.2) is 4.79 Å². The zero-order chi connectivity index (χ0) is 22.6. The number of rotatable bonds is 19. The summed E-state index contributed by atoms with van der Waals surface area (Å²) in [5, 5.41) is 12.0. The second-order valence-corrected chi connectivity index (χ2v) is 8.39. The Bertz CT molecular complexity index is 576. The van der Waals surface area contributed by atoms with E-state index in [0.29, 0.717) is 6.42 Å². The first-order valence-corrected chi connectivity index (χ1v) is 12.3. The molecule has 0 heterocycles. The third kappa shape index (κ3) is 14.7. The number of amides is 1. The van der Waals surface area contributed by atoms with E-state index in [4.69, 9.17) is 4.74 Å². The van der Waals surface area contributed by atoms with Crippen LogP contribution in [0.2, 0.25) is 0 Å². The molecule has 176 valence electrons. The molecule has 1 atom stereocenters. The van der Waals surface area contributed by atoms with Gasteiger partial charge in [0.1, 0.15) is 6.61 Å². The molecule has 0 aliphatic carbocycles. The molecule has 0 aliphatic rings. The van der Waals surface area contributed by atoms with E-state index in [1.165, 1.54) is 64.2 Å². The number of carbonyl (C=O) groups excluding carboxylic acids is 2. The molecule has 0 spiro atoms. The highest BCUT2D eigenvalue weighted by atomic mass is 16.5. The maximum absolute atomic E-state index is 12.1. The van der Waals surface area contributed by atoms with E-state index >= 15 is 0 Å². The van der Waals surface area contributed by atoms with Crippen molar-refractivity contribution in [1.82, 2.24) is 5.32 Å². The van der Waals surface area contributed by atoms with Crippen molar-refractivity contribution < 1.29 is 19.4 Å². The van der Waals surface area contributed by atoms with Crippen LogP contribution in [0.1, 0.15) is 102 Å². The van der Waals surface area contributed by atoms with Gasteiger partial charge in [0.15, 0.2) is 6.04 Å². The molecule has 5 heteroatoms. The Morgan fingerprint density at radius 3 is 1.87 bits per heavy atom. The van der Waals surface area contributed by atoms with Crippen LogP contribution < -0.4 is 5.32 Å². The average molecular weight is 434 g/mol. The van der Waals surface area contributed by atoms with Gasteiger partial charge in [-0.3, -0.25) is 4.79 Å². The molecule has 0 saturated heterocycles. The van der Waals surface area contributed by atoms with E-state index in [9.17, 15) is 14.7 Å². The van der Waals surface area contributed by atoms with Crippen LogP contribution in [0.3, 0.4) is 0 Å². The summed E-state index contributed by atoms with van der Waals surface area (Å²) in [6, 6.07) is 8.33. The average Bonchev–Trinajstić information content (AvgIpc) is 2.79. The summed E-state index contributed by atoms with van der Waals surface area (Å²) in [6.45, 7) is 1.92. The minimum Gasteiger partial charge on any atom is -0.459 e. The first-order chi connectivity index (χ1) is 15.2. The number of ether oxygens (including phenoxy) is 1. The van der Waals surface area contributed by atoms with Gasteiger partial charge in [-0.05, 0) is 12.0 Å². The number of carbonyl (C=O) groups is 2. The van der Waals surface area contributed by atoms with Crippen molar-refractivity contribution >= 4 is 11.9 Å². The number of nitrogens with one attached hydrogen (secondary N) is 1. The first-order valence-electron chi connectivity index (χ1n) is 12.3. The fourth-order valence-corrected chi connectivity index (χ4v) is 3.58. The van der Waals surface area contributed by atoms with Gasteiger partial charge in [0.25, 0.3) is 0 Å². The van der Waals surface area contributed by atoms with E-state index in [1.54, 1.807) is 0 Å². The molecule has 1 amide bonds. The summed E-state index contributed by atoms with van der Waals surface area (Å²) < 4.78 is 5.19. The lowest BCUT2D eigenvalue weighted by atomic mass is 10.0. The standard InChI is InChI=1S/C26H43NO4/c1-2-3-4-5-6-7-8-9-10-11-12-13-17-20-25(29)27-24(21-28)26(30)31-22-23-18-15-14-16-19-23/h14-16,18-19,24,28H,2-13,17,20-22H2,1H3,(H,27,29)/t24-/m0/s1. The molecule has 0 radical (unpaired) electrons. The topological polar surface area (TPSA) is 75.6 Å². The molecule has 1 aromatic carbocycles. The third-order valence-electron chi connectivity index (χ3n) is 5.53. The van der Waals surface area contributed by atoms with Crippen molar-refractivity contribution in [3.8, 4) is 0 Å². The van der Waals surface area contributed by atoms with Crippen LogP contribution in [0.4, 0.5) is 0 Å². The van der Waals surface area contributed by atoms with Crippen LogP contribution >= 0.6 is 0 Å². The van der Waals surface area contributed by atoms with Gasteiger partial charge in [-0.15, -0.1) is 0 Å². The molecule has 31 heavy (non-hydrogen) atoms. The largest absolute Gasteiger partial charge is 0.459 e. The second-order valence-electron chi connectivity index (χ2n) is 8.39. The SMILES string of the molecule is CCCCCCCCCCCCCCCC(=O)N[C@@H](CO)C(=O)OCc1ccccc1. The lowest BCUT2D eigenvalue weighted by molar-refractivity contribution is -0.150. The monoisotopic (exact) mass is 433 g/mol. The Morgan fingerprint density at radius 1 is 0.839 bits per heavy atom. The van der Waals surface area contributed by atoms with E-state index in [-0.39, 0.29) is 12.5 Å². The molecular weight excluding hydrogens is 390 g/mol. The van der Waals surface area contributed by atoms with Gasteiger partial charge < -0.3 is 15.2 Å². The number of hydrogen-bond donors (Lipinski definition) is 2. The molecule has 0 saturated carbocycles. The summed E-state index contributed by atoms with van der Waals surface area (Å²) in [7, 11) is 0. The van der Waals surface area contributed by atoms with Crippen molar-refractivity contribution in [3.63, 3.8) is 0 Å². The van der Waals surface area contributed by atoms with Gasteiger partial charge in [0.2, 0.25) is 5.91 Å². The number of benzene rings is 1. The highest BCUT2D eigenvalue weighted by Crippen LogP contribution is 2.13. The summed E-state index contributed by atoms with van der Waals surface area (Å²) in [5.74, 6) is -0.816. The molecular formula is C26H43NO4. The van der Waals surface area contributed by atoms with E-state index in [1.807, 2.05) is 30.3 Å². The van der Waals surface area contributed by atoms with Crippen molar-refractivity contribution in [2.75, 3.05) is 6.61 Å². The Balaban J connectivity index is 2.00. The fraction of sp³-hybridized carbons (Fsp3) is 0.692. The van der Waals surface area contributed by atoms with E-state index < -0.39 is 18.6 Å². The predicted octanol–water partition coefficient (Wildman–Crippen LogP) is 5.69. The van der Waals surface area contributed by atoms with E-state index in [0.717, 1.165) is 24.8 Å². The highest BCUT2D eigenvalue weighted by molar-refractivity contribution is 5.84. The molecule has 1 rings (SSSR count). The van der Waals surface area contributed by atoms with Gasteiger partial charge in [0, 0.05) is 6.42 Å². The fourth-order valence-electron chi connectivity index (χ4n) is 3.58. The number of unbranched alkanes of at least 4 members (excludes halogenated alkanes) is 12. The second kappa shape index (κ2) is 18.9. The van der Waals surface area contributed by atoms with E-state index in [2.05, 4.69) is 12.2 Å². The summed E-state index contributed by atoms with van der Waals surface area (Å²) in [4.78, 5) is 24.1. The molecule has 0 aliphatic heterocycles. The van der Waals surface area contributed by atoms with Gasteiger partial charge in [0.05, 0.1) is 6.61 Å². The lowest BCUT2D eigenvalue weighted by Crippen LogP contribution is -2.44. The highest BCUT2D eigenvalue weighted by Gasteiger charge is 2.21. The van der Waals surface area contributed by atoms with Crippen LogP contribution in [0.25, 0.3) is 0 Å². The van der Waals surface area contributed by atoms with Crippen molar-refractivity contribution in [2.24, 2.45) is 0 Å². The third-order valence-corrected chi connectivity index (χ3v) is 5.53. The Kier molecular flexibility index (Phi) is 16.5. The number of esters is 1. The molecule has 0 fully saturated rings. The smallest absolute Gasteiger partial charge is 0.331 e. The maximum atomic E-state index is 12.1. The molecule has 5 nitrogen and oxygen atoms in total. The summed E-state index contributed by atoms with van der Waals surface area (Å²) in [5.41, 5.74) is 0.867. The molecule has 0 bridgehead atoms. The zero-order valence-electron chi connectivity index (χ0n) is 19.4. The number of aliphatic hydroxyl groups is 1. The maximum Gasteiger partial charge on any atom is 0.331 e. The molecule has 0 aromatic heterocycles. The van der Waals surface area contributed by atoms with Crippen molar-refractivity contribution in [3.05, 3.63) is 35.9 Å². The Hall–Kier alpha value is -1.88. The van der Waals surface area contributed by atoms with Gasteiger partial charge >= 0.3 is 5.97 Å². The zero-order valence-corrected chi connectivity index (χ0v) is 19.4. The summed E-state index contributed by atoms with van der Waals surface area (Å²) >= 11 is 0. The number of hydrogen-bond acceptors (Lipinski definition) is 4. The Labute approximate surface area is 189 Å². The van der Waals surface area contributed by atoms with Crippen LogP contribution in [-0.2, 0) is 20.9 Å². The predicted molar refractivity (Wildman–Crippen MR) is 126 cm³/mol.